The lowest BCUT2D eigenvalue weighted by Gasteiger charge is -2.04. The first-order chi connectivity index (χ1) is 17.0. The van der Waals surface area contributed by atoms with Crippen molar-refractivity contribution < 1.29 is 24.2 Å². The van der Waals surface area contributed by atoms with Crippen LogP contribution in [0.1, 0.15) is 11.1 Å². The van der Waals surface area contributed by atoms with E-state index in [1.165, 1.54) is 25.1 Å². The van der Waals surface area contributed by atoms with Gasteiger partial charge in [0.05, 0.1) is 31.1 Å². The summed E-state index contributed by atoms with van der Waals surface area (Å²) in [6.45, 7) is 0. The molecular formula is C27H22N2O5S. The van der Waals surface area contributed by atoms with Gasteiger partial charge in [0.15, 0.2) is 5.17 Å². The first kappa shape index (κ1) is 23.8. The van der Waals surface area contributed by atoms with E-state index in [0.717, 1.165) is 22.4 Å². The third kappa shape index (κ3) is 5.80. The van der Waals surface area contributed by atoms with E-state index in [1.807, 2.05) is 54.6 Å². The van der Waals surface area contributed by atoms with Gasteiger partial charge in [0, 0.05) is 0 Å². The molecule has 0 bridgehead atoms. The number of carboxylic acids is 1. The minimum atomic E-state index is -1.09. The number of amidine groups is 1. The number of thioether (sulfide) groups is 1. The molecule has 176 valence electrons. The monoisotopic (exact) mass is 486 g/mol. The van der Waals surface area contributed by atoms with Crippen molar-refractivity contribution in [3.05, 3.63) is 95.1 Å². The van der Waals surface area contributed by atoms with Crippen LogP contribution in [0.25, 0.3) is 22.8 Å². The summed E-state index contributed by atoms with van der Waals surface area (Å²) in [5.41, 5.74) is 4.16. The van der Waals surface area contributed by atoms with Gasteiger partial charge in [-0.3, -0.25) is 4.79 Å². The topological polar surface area (TPSA) is 97.2 Å². The van der Waals surface area contributed by atoms with Crippen LogP contribution in [-0.4, -0.2) is 36.4 Å². The molecule has 2 N–H and O–H groups in total. The van der Waals surface area contributed by atoms with Crippen molar-refractivity contribution in [1.29, 1.82) is 0 Å². The number of methoxy groups -OCH3 is 2. The molecule has 0 radical (unpaired) electrons. The highest BCUT2D eigenvalue weighted by Crippen LogP contribution is 2.29. The zero-order valence-electron chi connectivity index (χ0n) is 19.0. The second-order valence-electron chi connectivity index (χ2n) is 7.45. The molecule has 1 fully saturated rings. The number of amides is 1. The Balaban J connectivity index is 1.47. The Bertz CT molecular complexity index is 1330. The summed E-state index contributed by atoms with van der Waals surface area (Å²) in [5, 5.41) is 12.5. The van der Waals surface area contributed by atoms with Crippen molar-refractivity contribution in [3.8, 4) is 16.9 Å². The van der Waals surface area contributed by atoms with Crippen molar-refractivity contribution in [1.82, 2.24) is 5.32 Å². The molecule has 1 aliphatic rings. The summed E-state index contributed by atoms with van der Waals surface area (Å²) in [5.74, 6) is -0.502. The fourth-order valence-electron chi connectivity index (χ4n) is 3.38. The largest absolute Gasteiger partial charge is 0.503 e. The van der Waals surface area contributed by atoms with Crippen LogP contribution in [0, 0.1) is 0 Å². The van der Waals surface area contributed by atoms with Crippen molar-refractivity contribution in [2.75, 3.05) is 14.2 Å². The highest BCUT2D eigenvalue weighted by molar-refractivity contribution is 8.18. The summed E-state index contributed by atoms with van der Waals surface area (Å²) in [6.07, 6.45) is 3.00. The summed E-state index contributed by atoms with van der Waals surface area (Å²) < 4.78 is 10.0. The number of nitrogens with one attached hydrogen (secondary N) is 1. The molecule has 1 saturated heterocycles. The Hall–Kier alpha value is -4.30. The van der Waals surface area contributed by atoms with Gasteiger partial charge in [-0.1, -0.05) is 48.5 Å². The lowest BCUT2D eigenvalue weighted by molar-refractivity contribution is -0.130. The Morgan fingerprint density at radius 1 is 0.943 bits per heavy atom. The van der Waals surface area contributed by atoms with Crippen molar-refractivity contribution in [3.63, 3.8) is 0 Å². The Labute approximate surface area is 206 Å². The third-order valence-electron chi connectivity index (χ3n) is 5.16. The molecule has 0 aliphatic carbocycles. The van der Waals surface area contributed by atoms with Gasteiger partial charge in [0.2, 0.25) is 0 Å². The summed E-state index contributed by atoms with van der Waals surface area (Å²) >= 11 is 1.25. The first-order valence-electron chi connectivity index (χ1n) is 10.6. The molecule has 0 atom stereocenters. The van der Waals surface area contributed by atoms with E-state index in [0.29, 0.717) is 21.3 Å². The van der Waals surface area contributed by atoms with Crippen LogP contribution < -0.4 is 10.1 Å². The number of rotatable bonds is 7. The van der Waals surface area contributed by atoms with Crippen LogP contribution in [0.5, 0.6) is 5.75 Å². The van der Waals surface area contributed by atoms with Crippen LogP contribution in [-0.2, 0) is 14.3 Å². The minimum absolute atomic E-state index is 0.0403. The smallest absolute Gasteiger partial charge is 0.339 e. The number of ether oxygens (including phenoxy) is 2. The van der Waals surface area contributed by atoms with E-state index >= 15 is 0 Å². The maximum atomic E-state index is 12.4. The van der Waals surface area contributed by atoms with Gasteiger partial charge in [-0.15, -0.1) is 0 Å². The average Bonchev–Trinajstić information content (AvgIpc) is 3.21. The molecule has 0 spiro atoms. The second-order valence-corrected chi connectivity index (χ2v) is 8.48. The molecule has 8 heteroatoms. The van der Waals surface area contributed by atoms with E-state index in [9.17, 15) is 14.7 Å². The molecule has 7 nitrogen and oxygen atoms in total. The van der Waals surface area contributed by atoms with Crippen LogP contribution in [0.15, 0.2) is 89.0 Å². The number of aliphatic carboxylic acids is 1. The van der Waals surface area contributed by atoms with Crippen molar-refractivity contribution >= 4 is 46.1 Å². The Morgan fingerprint density at radius 2 is 1.57 bits per heavy atom. The van der Waals surface area contributed by atoms with E-state index in [-0.39, 0.29) is 11.5 Å². The molecule has 3 aromatic carbocycles. The first-order valence-corrected chi connectivity index (χ1v) is 11.4. The summed E-state index contributed by atoms with van der Waals surface area (Å²) in [7, 11) is 3.03. The number of nitrogens with zero attached hydrogens (tertiary/aromatic N) is 1. The van der Waals surface area contributed by atoms with E-state index in [1.54, 1.807) is 31.4 Å². The predicted molar refractivity (Wildman–Crippen MR) is 138 cm³/mol. The fraction of sp³-hybridized carbons (Fsp3) is 0.0741. The SMILES string of the molecule is CO/C=C(/C(=O)O)c1ccc(N=C2NC(=O)/C(=C\c3ccc(-c4ccc(OC)cc4)cc3)S2)cc1. The lowest BCUT2D eigenvalue weighted by Crippen LogP contribution is -2.19. The maximum Gasteiger partial charge on any atom is 0.339 e. The van der Waals surface area contributed by atoms with Crippen molar-refractivity contribution in [2.45, 2.75) is 0 Å². The molecule has 0 unspecified atom stereocenters. The van der Waals surface area contributed by atoms with Gasteiger partial charge in [-0.05, 0) is 64.4 Å². The third-order valence-corrected chi connectivity index (χ3v) is 6.07. The highest BCUT2D eigenvalue weighted by Gasteiger charge is 2.23. The van der Waals surface area contributed by atoms with E-state index < -0.39 is 5.97 Å². The highest BCUT2D eigenvalue weighted by atomic mass is 32.2. The Morgan fingerprint density at radius 3 is 2.14 bits per heavy atom. The molecule has 3 aromatic rings. The second kappa shape index (κ2) is 10.8. The molecule has 0 aromatic heterocycles. The zero-order valence-corrected chi connectivity index (χ0v) is 19.8. The van der Waals surface area contributed by atoms with Gasteiger partial charge >= 0.3 is 5.97 Å². The van der Waals surface area contributed by atoms with Gasteiger partial charge in [0.25, 0.3) is 5.91 Å². The number of carbonyl (C=O) groups is 2. The Kier molecular flexibility index (Phi) is 7.32. The number of hydrogen-bond acceptors (Lipinski definition) is 6. The van der Waals surface area contributed by atoms with Crippen molar-refractivity contribution in [2.24, 2.45) is 4.99 Å². The molecule has 0 saturated carbocycles. The van der Waals surface area contributed by atoms with Crippen LogP contribution in [0.4, 0.5) is 5.69 Å². The predicted octanol–water partition coefficient (Wildman–Crippen LogP) is 5.33. The minimum Gasteiger partial charge on any atom is -0.503 e. The maximum absolute atomic E-state index is 12.4. The standard InChI is InChI=1S/C27H22N2O5S/c1-33-16-23(26(31)32)20-7-11-21(12-8-20)28-27-29-25(30)24(35-27)15-17-3-5-18(6-4-17)19-9-13-22(34-2)14-10-19/h3-16H,1-2H3,(H,31,32)(H,28,29,30)/b23-16+,24-15+. The number of benzene rings is 3. The number of hydrogen-bond donors (Lipinski definition) is 2. The quantitative estimate of drug-likeness (QED) is 0.346. The average molecular weight is 487 g/mol. The normalized spacial score (nSPS) is 15.8. The number of carbonyl (C=O) groups excluding carboxylic acids is 1. The van der Waals surface area contributed by atoms with Gasteiger partial charge in [-0.2, -0.15) is 0 Å². The molecule has 4 rings (SSSR count). The lowest BCUT2D eigenvalue weighted by atomic mass is 10.0. The van der Waals surface area contributed by atoms with E-state index in [4.69, 9.17) is 9.47 Å². The van der Waals surface area contributed by atoms with Crippen LogP contribution >= 0.6 is 11.8 Å². The van der Waals surface area contributed by atoms with Gasteiger partial charge in [-0.25, -0.2) is 9.79 Å². The number of aliphatic imine (C=N–C) groups is 1. The zero-order chi connectivity index (χ0) is 24.8. The molecule has 1 heterocycles. The fourth-order valence-corrected chi connectivity index (χ4v) is 4.22. The summed E-state index contributed by atoms with van der Waals surface area (Å²) in [6, 6.07) is 22.4. The summed E-state index contributed by atoms with van der Waals surface area (Å²) in [4.78, 5) is 28.8. The number of carboxylic acid groups (broad SMARTS) is 1. The molecule has 35 heavy (non-hydrogen) atoms. The molecule has 1 amide bonds. The van der Waals surface area contributed by atoms with E-state index in [2.05, 4.69) is 10.3 Å². The van der Waals surface area contributed by atoms with Gasteiger partial charge < -0.3 is 19.9 Å². The van der Waals surface area contributed by atoms with Crippen LogP contribution in [0.2, 0.25) is 0 Å². The molecular weight excluding hydrogens is 464 g/mol. The molecule has 1 aliphatic heterocycles. The van der Waals surface area contributed by atoms with Gasteiger partial charge in [0.1, 0.15) is 11.3 Å². The van der Waals surface area contributed by atoms with Crippen LogP contribution in [0.3, 0.4) is 0 Å².